The molecule has 1 aliphatic rings. The molecule has 1 aromatic heterocycles. The molecule has 0 aliphatic carbocycles. The average molecular weight is 592 g/mol. The third-order valence-corrected chi connectivity index (χ3v) is 7.12. The van der Waals surface area contributed by atoms with Crippen LogP contribution in [0.1, 0.15) is 34.5 Å². The molecule has 9 heteroatoms. The van der Waals surface area contributed by atoms with Crippen LogP contribution in [0.5, 0.6) is 5.75 Å². The number of imidazole rings is 1. The van der Waals surface area contributed by atoms with Crippen LogP contribution < -0.4 is 10.1 Å². The highest BCUT2D eigenvalue weighted by molar-refractivity contribution is 5.86. The van der Waals surface area contributed by atoms with Crippen LogP contribution in [0, 0.1) is 6.92 Å². The molecular weight excluding hydrogens is 555 g/mol. The number of halogens is 3. The topological polar surface area (TPSA) is 73.4 Å². The first kappa shape index (κ1) is 32.6. The number of benzene rings is 3. The molecule has 1 saturated heterocycles. The van der Waals surface area contributed by atoms with Crippen LogP contribution in [0.15, 0.2) is 84.9 Å². The van der Waals surface area contributed by atoms with Gasteiger partial charge in [0.25, 0.3) is 0 Å². The van der Waals surface area contributed by atoms with Crippen molar-refractivity contribution < 1.29 is 9.84 Å². The molecule has 3 N–H and O–H groups in total. The van der Waals surface area contributed by atoms with Gasteiger partial charge in [-0.3, -0.25) is 4.90 Å². The number of aliphatic hydroxyl groups excluding tert-OH is 1. The Morgan fingerprint density at radius 2 is 1.36 bits per heavy atom. The van der Waals surface area contributed by atoms with Gasteiger partial charge in [0.05, 0.1) is 18.8 Å². The van der Waals surface area contributed by atoms with E-state index in [0.29, 0.717) is 5.69 Å². The van der Waals surface area contributed by atoms with Crippen molar-refractivity contribution in [3.63, 3.8) is 0 Å². The smallest absolute Gasteiger partial charge is 0.137 e. The number of nitrogens with zero attached hydrogens (tertiary/aromatic N) is 2. The zero-order valence-corrected chi connectivity index (χ0v) is 24.6. The van der Waals surface area contributed by atoms with Crippen molar-refractivity contribution in [2.45, 2.75) is 25.0 Å². The Hall–Kier alpha value is -2.58. The van der Waals surface area contributed by atoms with Gasteiger partial charge >= 0.3 is 0 Å². The van der Waals surface area contributed by atoms with E-state index in [9.17, 15) is 5.11 Å². The fourth-order valence-corrected chi connectivity index (χ4v) is 5.29. The summed E-state index contributed by atoms with van der Waals surface area (Å²) in [4.78, 5) is 10.8. The maximum Gasteiger partial charge on any atom is 0.137 e. The summed E-state index contributed by atoms with van der Waals surface area (Å²) in [5.41, 5.74) is 4.91. The third-order valence-electron chi connectivity index (χ3n) is 7.12. The van der Waals surface area contributed by atoms with E-state index in [0.717, 1.165) is 49.0 Å². The molecule has 1 aliphatic heterocycles. The summed E-state index contributed by atoms with van der Waals surface area (Å²) < 4.78 is 5.30. The van der Waals surface area contributed by atoms with E-state index >= 15 is 0 Å². The normalized spacial score (nSPS) is 14.9. The van der Waals surface area contributed by atoms with E-state index < -0.39 is 6.10 Å². The quantitative estimate of drug-likeness (QED) is 0.242. The highest BCUT2D eigenvalue weighted by Gasteiger charge is 2.38. The first-order valence-corrected chi connectivity index (χ1v) is 12.6. The van der Waals surface area contributed by atoms with Crippen molar-refractivity contribution >= 4 is 37.2 Å². The molecule has 3 aromatic carbocycles. The van der Waals surface area contributed by atoms with Gasteiger partial charge < -0.3 is 20.1 Å². The number of aromatic amines is 1. The standard InChI is InChI=1S/C30H34N4O2.3ClH/c1-21-27(33-30(32-21)24-13-15-25(36-2)16-14-24)29(35)28(34-19-17-31-18-20-34)26(22-9-5-3-6-10-22)23-11-7-4-8-12-23;;;/h3-16,26,28-29,31,35H,17-20H2,1-2H3,(H,32,33);3*1H. The van der Waals surface area contributed by atoms with Crippen molar-refractivity contribution in [2.24, 2.45) is 0 Å². The maximum absolute atomic E-state index is 12.1. The molecule has 210 valence electrons. The number of nitrogens with one attached hydrogen (secondary N) is 2. The summed E-state index contributed by atoms with van der Waals surface area (Å²) in [7, 11) is 1.66. The van der Waals surface area contributed by atoms with Gasteiger partial charge in [0.1, 0.15) is 17.7 Å². The van der Waals surface area contributed by atoms with Crippen LogP contribution >= 0.6 is 37.2 Å². The van der Waals surface area contributed by atoms with Crippen LogP contribution in [-0.2, 0) is 0 Å². The molecule has 1 fully saturated rings. The number of aromatic nitrogens is 2. The highest BCUT2D eigenvalue weighted by Crippen LogP contribution is 2.38. The summed E-state index contributed by atoms with van der Waals surface area (Å²) in [6.45, 7) is 5.53. The molecule has 2 atom stereocenters. The van der Waals surface area contributed by atoms with Crippen molar-refractivity contribution in [1.29, 1.82) is 0 Å². The predicted molar refractivity (Wildman–Crippen MR) is 165 cm³/mol. The summed E-state index contributed by atoms with van der Waals surface area (Å²) in [6.07, 6.45) is -0.781. The number of aryl methyl sites for hydroxylation is 1. The zero-order valence-electron chi connectivity index (χ0n) is 22.1. The average Bonchev–Trinajstić information content (AvgIpc) is 3.34. The fraction of sp³-hybridized carbons (Fsp3) is 0.300. The number of H-pyrrole nitrogens is 1. The van der Waals surface area contributed by atoms with Crippen molar-refractivity contribution in [3.8, 4) is 17.1 Å². The van der Waals surface area contributed by atoms with Gasteiger partial charge in [-0.25, -0.2) is 4.98 Å². The van der Waals surface area contributed by atoms with Crippen LogP contribution in [0.3, 0.4) is 0 Å². The van der Waals surface area contributed by atoms with E-state index in [2.05, 4.69) is 63.7 Å². The Labute approximate surface area is 249 Å². The molecule has 4 aromatic rings. The van der Waals surface area contributed by atoms with Crippen molar-refractivity contribution in [1.82, 2.24) is 20.2 Å². The molecule has 0 bridgehead atoms. The van der Waals surface area contributed by atoms with Crippen LogP contribution in [0.25, 0.3) is 11.4 Å². The fourth-order valence-electron chi connectivity index (χ4n) is 5.29. The van der Waals surface area contributed by atoms with Gasteiger partial charge in [-0.05, 0) is 42.3 Å². The molecule has 0 amide bonds. The molecular formula is C30H37Cl3N4O2. The number of piperazine rings is 1. The van der Waals surface area contributed by atoms with Crippen molar-refractivity contribution in [2.75, 3.05) is 33.3 Å². The van der Waals surface area contributed by atoms with E-state index in [1.54, 1.807) is 7.11 Å². The number of ether oxygens (including phenoxy) is 1. The van der Waals surface area contributed by atoms with Gasteiger partial charge in [-0.15, -0.1) is 37.2 Å². The van der Waals surface area contributed by atoms with Crippen LogP contribution in [-0.4, -0.2) is 59.3 Å². The van der Waals surface area contributed by atoms with E-state index in [-0.39, 0.29) is 49.2 Å². The molecule has 0 radical (unpaired) electrons. The van der Waals surface area contributed by atoms with E-state index in [1.165, 1.54) is 11.1 Å². The summed E-state index contributed by atoms with van der Waals surface area (Å²) in [6, 6.07) is 28.7. The molecule has 2 heterocycles. The monoisotopic (exact) mass is 590 g/mol. The van der Waals surface area contributed by atoms with Crippen LogP contribution in [0.2, 0.25) is 0 Å². The molecule has 6 nitrogen and oxygen atoms in total. The summed E-state index contributed by atoms with van der Waals surface area (Å²) in [5, 5.41) is 15.5. The van der Waals surface area contributed by atoms with Gasteiger partial charge in [-0.1, -0.05) is 60.7 Å². The minimum atomic E-state index is -0.781. The molecule has 39 heavy (non-hydrogen) atoms. The largest absolute Gasteiger partial charge is 0.497 e. The minimum Gasteiger partial charge on any atom is -0.497 e. The second-order valence-corrected chi connectivity index (χ2v) is 9.34. The van der Waals surface area contributed by atoms with Crippen LogP contribution in [0.4, 0.5) is 0 Å². The number of aliphatic hydroxyl groups is 1. The van der Waals surface area contributed by atoms with E-state index in [1.807, 2.05) is 43.3 Å². The first-order valence-electron chi connectivity index (χ1n) is 12.6. The lowest BCUT2D eigenvalue weighted by atomic mass is 9.80. The second-order valence-electron chi connectivity index (χ2n) is 9.34. The Morgan fingerprint density at radius 3 is 1.87 bits per heavy atom. The number of hydrogen-bond acceptors (Lipinski definition) is 5. The van der Waals surface area contributed by atoms with Gasteiger partial charge in [0.15, 0.2) is 0 Å². The lowest BCUT2D eigenvalue weighted by molar-refractivity contribution is 0.0295. The first-order chi connectivity index (χ1) is 17.7. The highest BCUT2D eigenvalue weighted by atomic mass is 35.5. The van der Waals surface area contributed by atoms with E-state index in [4.69, 9.17) is 9.72 Å². The second kappa shape index (κ2) is 15.3. The predicted octanol–water partition coefficient (Wildman–Crippen LogP) is 5.80. The molecule has 0 saturated carbocycles. The minimum absolute atomic E-state index is 0. The number of methoxy groups -OCH3 is 1. The molecule has 2 unspecified atom stereocenters. The Morgan fingerprint density at radius 1 is 0.821 bits per heavy atom. The number of hydrogen-bond donors (Lipinski definition) is 3. The third kappa shape index (κ3) is 7.34. The Balaban J connectivity index is 0.00000178. The number of rotatable bonds is 8. The Bertz CT molecular complexity index is 1210. The summed E-state index contributed by atoms with van der Waals surface area (Å²) in [5.74, 6) is 1.54. The lowest BCUT2D eigenvalue weighted by Crippen LogP contribution is -2.52. The summed E-state index contributed by atoms with van der Waals surface area (Å²) >= 11 is 0. The lowest BCUT2D eigenvalue weighted by Gasteiger charge is -2.42. The zero-order chi connectivity index (χ0) is 24.9. The van der Waals surface area contributed by atoms with Gasteiger partial charge in [-0.2, -0.15) is 0 Å². The molecule has 0 spiro atoms. The van der Waals surface area contributed by atoms with Gasteiger partial charge in [0.2, 0.25) is 0 Å². The SMILES string of the molecule is COc1ccc(-c2nc(C(O)C(C(c3ccccc3)c3ccccc3)N3CCNCC3)c(C)[nH]2)cc1.Cl.Cl.Cl. The van der Waals surface area contributed by atoms with Gasteiger partial charge in [0, 0.05) is 43.4 Å². The Kier molecular flexibility index (Phi) is 12.8. The maximum atomic E-state index is 12.1. The van der Waals surface area contributed by atoms with Crippen molar-refractivity contribution in [3.05, 3.63) is 107 Å². The molecule has 5 rings (SSSR count).